The summed E-state index contributed by atoms with van der Waals surface area (Å²) in [5, 5.41) is 1.47. The Morgan fingerprint density at radius 3 is 2.43 bits per heavy atom. The van der Waals surface area contributed by atoms with Gasteiger partial charge in [0.15, 0.2) is 5.60 Å². The second kappa shape index (κ2) is 5.31. The number of nitrogens with zero attached hydrogens (tertiary/aromatic N) is 1. The highest BCUT2D eigenvalue weighted by atomic mass is 19.4. The number of rotatable bonds is 2. The Kier molecular flexibility index (Phi) is 3.99. The number of hydroxylamine groups is 2. The number of esters is 1. The highest BCUT2D eigenvalue weighted by molar-refractivity contribution is 5.79. The summed E-state index contributed by atoms with van der Waals surface area (Å²) in [5.74, 6) is -0.510. The number of hydrogen-bond donors (Lipinski definition) is 0. The Balaban J connectivity index is 2.21. The quantitative estimate of drug-likeness (QED) is 0.787. The van der Waals surface area contributed by atoms with Crippen LogP contribution in [0.1, 0.15) is 30.5 Å². The predicted octanol–water partition coefficient (Wildman–Crippen LogP) is 2.95. The summed E-state index contributed by atoms with van der Waals surface area (Å²) in [6.45, 7) is 1.60. The SMILES string of the molecule is COC(=O)[C@]1(C)C[C@@H](c2ccc(C(F)(F)F)cc2)N(C)O1. The van der Waals surface area contributed by atoms with Crippen LogP contribution in [0, 0.1) is 0 Å². The first-order valence-corrected chi connectivity index (χ1v) is 6.35. The van der Waals surface area contributed by atoms with E-state index in [1.807, 2.05) is 0 Å². The zero-order valence-electron chi connectivity index (χ0n) is 11.9. The molecule has 0 aromatic heterocycles. The van der Waals surface area contributed by atoms with E-state index in [1.54, 1.807) is 14.0 Å². The zero-order chi connectivity index (χ0) is 15.8. The molecular formula is C14H16F3NO3. The molecule has 21 heavy (non-hydrogen) atoms. The molecule has 1 fully saturated rings. The number of carbonyl (C=O) groups is 1. The molecule has 2 rings (SSSR count). The number of carbonyl (C=O) groups excluding carboxylic acids is 1. The van der Waals surface area contributed by atoms with Gasteiger partial charge < -0.3 is 4.74 Å². The topological polar surface area (TPSA) is 38.8 Å². The lowest BCUT2D eigenvalue weighted by Gasteiger charge is -2.20. The molecule has 0 bridgehead atoms. The van der Waals surface area contributed by atoms with Crippen molar-refractivity contribution in [2.24, 2.45) is 0 Å². The molecule has 1 heterocycles. The molecule has 1 saturated heterocycles. The van der Waals surface area contributed by atoms with E-state index >= 15 is 0 Å². The molecule has 0 saturated carbocycles. The minimum Gasteiger partial charge on any atom is -0.467 e. The average Bonchev–Trinajstić information content (AvgIpc) is 2.73. The van der Waals surface area contributed by atoms with E-state index in [0.717, 1.165) is 12.1 Å². The molecule has 1 aliphatic heterocycles. The first kappa shape index (κ1) is 15.8. The molecule has 0 amide bonds. The Labute approximate surface area is 120 Å². The molecule has 0 radical (unpaired) electrons. The number of benzene rings is 1. The van der Waals surface area contributed by atoms with Crippen LogP contribution < -0.4 is 0 Å². The van der Waals surface area contributed by atoms with Crippen LogP contribution >= 0.6 is 0 Å². The van der Waals surface area contributed by atoms with Gasteiger partial charge in [-0.1, -0.05) is 12.1 Å². The van der Waals surface area contributed by atoms with Gasteiger partial charge in [0.2, 0.25) is 0 Å². The summed E-state index contributed by atoms with van der Waals surface area (Å²) in [6, 6.07) is 4.54. The molecule has 0 N–H and O–H groups in total. The highest BCUT2D eigenvalue weighted by Crippen LogP contribution is 2.40. The molecular weight excluding hydrogens is 287 g/mol. The van der Waals surface area contributed by atoms with Crippen LogP contribution in [0.15, 0.2) is 24.3 Å². The molecule has 4 nitrogen and oxygen atoms in total. The third-order valence-corrected chi connectivity index (χ3v) is 3.61. The third-order valence-electron chi connectivity index (χ3n) is 3.61. The Hall–Kier alpha value is -1.60. The lowest BCUT2D eigenvalue weighted by atomic mass is 9.93. The maximum Gasteiger partial charge on any atom is 0.416 e. The molecule has 2 atom stereocenters. The van der Waals surface area contributed by atoms with Crippen LogP contribution in [0.2, 0.25) is 0 Å². The fourth-order valence-electron chi connectivity index (χ4n) is 2.47. The highest BCUT2D eigenvalue weighted by Gasteiger charge is 2.48. The molecule has 1 aliphatic rings. The standard InChI is InChI=1S/C14H16F3NO3/c1-13(12(19)20-3)8-11(18(2)21-13)9-4-6-10(7-5-9)14(15,16)17/h4-7,11H,8H2,1-3H3/t11-,13-/m0/s1. The molecule has 7 heteroatoms. The maximum absolute atomic E-state index is 12.6. The number of alkyl halides is 3. The summed E-state index contributed by atoms with van der Waals surface area (Å²) in [5.41, 5.74) is -1.18. The fraction of sp³-hybridized carbons (Fsp3) is 0.500. The van der Waals surface area contributed by atoms with Crippen LogP contribution in [0.3, 0.4) is 0 Å². The number of ether oxygens (including phenoxy) is 1. The third kappa shape index (κ3) is 3.03. The Morgan fingerprint density at radius 1 is 1.38 bits per heavy atom. The summed E-state index contributed by atoms with van der Waals surface area (Å²) in [4.78, 5) is 17.2. The predicted molar refractivity (Wildman–Crippen MR) is 68.1 cm³/mol. The van der Waals surface area contributed by atoms with Crippen molar-refractivity contribution in [1.82, 2.24) is 5.06 Å². The van der Waals surface area contributed by atoms with E-state index in [4.69, 9.17) is 9.57 Å². The maximum atomic E-state index is 12.6. The second-order valence-corrected chi connectivity index (χ2v) is 5.20. The average molecular weight is 303 g/mol. The van der Waals surface area contributed by atoms with Gasteiger partial charge >= 0.3 is 12.1 Å². The van der Waals surface area contributed by atoms with Crippen LogP contribution in [0.5, 0.6) is 0 Å². The van der Waals surface area contributed by atoms with Crippen molar-refractivity contribution in [3.05, 3.63) is 35.4 Å². The van der Waals surface area contributed by atoms with Gasteiger partial charge in [0.1, 0.15) is 0 Å². The number of hydrogen-bond acceptors (Lipinski definition) is 4. The van der Waals surface area contributed by atoms with Gasteiger partial charge in [-0.15, -0.1) is 0 Å². The van der Waals surface area contributed by atoms with Crippen molar-refractivity contribution < 1.29 is 27.5 Å². The summed E-state index contributed by atoms with van der Waals surface area (Å²) in [7, 11) is 2.90. The van der Waals surface area contributed by atoms with E-state index < -0.39 is 23.3 Å². The van der Waals surface area contributed by atoms with Gasteiger partial charge in [-0.05, 0) is 24.6 Å². The van der Waals surface area contributed by atoms with Gasteiger partial charge in [-0.25, -0.2) is 4.79 Å². The summed E-state index contributed by atoms with van der Waals surface area (Å²) >= 11 is 0. The van der Waals surface area contributed by atoms with E-state index in [-0.39, 0.29) is 6.04 Å². The van der Waals surface area contributed by atoms with Crippen molar-refractivity contribution in [2.75, 3.05) is 14.2 Å². The lowest BCUT2D eigenvalue weighted by Crippen LogP contribution is -2.36. The zero-order valence-corrected chi connectivity index (χ0v) is 11.9. The van der Waals surface area contributed by atoms with Crippen LogP contribution in [-0.4, -0.2) is 30.8 Å². The van der Waals surface area contributed by atoms with Crippen molar-refractivity contribution >= 4 is 5.97 Å². The lowest BCUT2D eigenvalue weighted by molar-refractivity contribution is -0.205. The second-order valence-electron chi connectivity index (χ2n) is 5.20. The molecule has 116 valence electrons. The van der Waals surface area contributed by atoms with E-state index in [1.165, 1.54) is 24.3 Å². The van der Waals surface area contributed by atoms with E-state index in [0.29, 0.717) is 12.0 Å². The Morgan fingerprint density at radius 2 is 1.95 bits per heavy atom. The van der Waals surface area contributed by atoms with Gasteiger partial charge in [0, 0.05) is 13.5 Å². The summed E-state index contributed by atoms with van der Waals surface area (Å²) < 4.78 is 42.3. The smallest absolute Gasteiger partial charge is 0.416 e. The van der Waals surface area contributed by atoms with Crippen molar-refractivity contribution in [3.8, 4) is 0 Å². The van der Waals surface area contributed by atoms with E-state index in [9.17, 15) is 18.0 Å². The van der Waals surface area contributed by atoms with Crippen LogP contribution in [0.4, 0.5) is 13.2 Å². The number of halogens is 3. The Bertz CT molecular complexity index is 529. The first-order chi connectivity index (χ1) is 9.67. The van der Waals surface area contributed by atoms with Crippen LogP contribution in [0.25, 0.3) is 0 Å². The van der Waals surface area contributed by atoms with Crippen molar-refractivity contribution in [1.29, 1.82) is 0 Å². The molecule has 1 aromatic rings. The van der Waals surface area contributed by atoms with Crippen LogP contribution in [-0.2, 0) is 20.5 Å². The van der Waals surface area contributed by atoms with Gasteiger partial charge in [0.05, 0.1) is 18.7 Å². The van der Waals surface area contributed by atoms with Crippen molar-refractivity contribution in [2.45, 2.75) is 31.2 Å². The molecule has 1 aromatic carbocycles. The molecule has 0 aliphatic carbocycles. The first-order valence-electron chi connectivity index (χ1n) is 6.35. The molecule has 0 unspecified atom stereocenters. The van der Waals surface area contributed by atoms with Gasteiger partial charge in [-0.3, -0.25) is 4.84 Å². The number of methoxy groups -OCH3 is 1. The monoisotopic (exact) mass is 303 g/mol. The summed E-state index contributed by atoms with van der Waals surface area (Å²) in [6.07, 6.45) is -4.06. The van der Waals surface area contributed by atoms with Gasteiger partial charge in [0.25, 0.3) is 0 Å². The van der Waals surface area contributed by atoms with Gasteiger partial charge in [-0.2, -0.15) is 18.2 Å². The minimum absolute atomic E-state index is 0.307. The fourth-order valence-corrected chi connectivity index (χ4v) is 2.47. The van der Waals surface area contributed by atoms with Crippen molar-refractivity contribution in [3.63, 3.8) is 0 Å². The molecule has 0 spiro atoms. The normalized spacial score (nSPS) is 26.9. The minimum atomic E-state index is -4.36. The largest absolute Gasteiger partial charge is 0.467 e. The van der Waals surface area contributed by atoms with E-state index in [2.05, 4.69) is 0 Å².